The minimum atomic E-state index is -0.0485. The van der Waals surface area contributed by atoms with Crippen LogP contribution in [0.15, 0.2) is 12.3 Å². The van der Waals surface area contributed by atoms with E-state index in [9.17, 15) is 0 Å². The monoisotopic (exact) mass is 283 g/mol. The Morgan fingerprint density at radius 1 is 1.42 bits per heavy atom. The third kappa shape index (κ3) is 3.15. The van der Waals surface area contributed by atoms with Crippen LogP contribution in [0.1, 0.15) is 5.56 Å². The molecule has 0 atom stereocenters. The molecule has 0 bridgehead atoms. The molecule has 1 aromatic rings. The first-order valence-corrected chi connectivity index (χ1v) is 6.58. The Morgan fingerprint density at radius 2 is 2.11 bits per heavy atom. The second kappa shape index (κ2) is 6.18. The average Bonchev–Trinajstić information content (AvgIpc) is 2.40. The van der Waals surface area contributed by atoms with Gasteiger partial charge >= 0.3 is 0 Å². The van der Waals surface area contributed by atoms with Gasteiger partial charge in [0.15, 0.2) is 0 Å². The predicted molar refractivity (Wildman–Crippen MR) is 76.0 cm³/mol. The topological polar surface area (TPSA) is 89.5 Å². The Morgan fingerprint density at radius 3 is 2.68 bits per heavy atom. The first-order valence-electron chi connectivity index (χ1n) is 6.20. The molecule has 1 aliphatic rings. The average molecular weight is 284 g/mol. The molecule has 1 aromatic heterocycles. The molecule has 0 radical (unpaired) electrons. The number of aliphatic hydroxyl groups is 1. The molecule has 0 spiro atoms. The van der Waals surface area contributed by atoms with E-state index >= 15 is 0 Å². The highest BCUT2D eigenvalue weighted by Crippen LogP contribution is 2.27. The Bertz CT molecular complexity index is 459. The molecule has 1 aliphatic heterocycles. The van der Waals surface area contributed by atoms with Gasteiger partial charge in [-0.15, -0.1) is 0 Å². The number of nitrogens with zero attached hydrogens (tertiary/aromatic N) is 3. The highest BCUT2D eigenvalue weighted by Gasteiger charge is 2.21. The number of hydrogen-bond acceptors (Lipinski definition) is 5. The van der Waals surface area contributed by atoms with E-state index in [0.29, 0.717) is 22.9 Å². The Balaban J connectivity index is 2.11. The summed E-state index contributed by atoms with van der Waals surface area (Å²) < 4.78 is 0. The molecule has 104 valence electrons. The molecule has 2 rings (SSSR count). The molecule has 0 aromatic carbocycles. The van der Waals surface area contributed by atoms with Gasteiger partial charge in [0.25, 0.3) is 0 Å². The number of anilines is 1. The van der Waals surface area contributed by atoms with E-state index in [4.69, 9.17) is 27.9 Å². The van der Waals surface area contributed by atoms with E-state index < -0.39 is 0 Å². The Kier molecular flexibility index (Phi) is 4.57. The summed E-state index contributed by atoms with van der Waals surface area (Å²) in [7, 11) is 0. The van der Waals surface area contributed by atoms with Crippen LogP contribution in [0, 0.1) is 5.41 Å². The molecule has 0 saturated carbocycles. The summed E-state index contributed by atoms with van der Waals surface area (Å²) in [6, 6.07) is 1.65. The van der Waals surface area contributed by atoms with E-state index in [-0.39, 0.29) is 12.4 Å². The van der Waals surface area contributed by atoms with Gasteiger partial charge in [0, 0.05) is 44.5 Å². The third-order valence-corrected chi connectivity index (χ3v) is 3.62. The quantitative estimate of drug-likeness (QED) is 0.540. The van der Waals surface area contributed by atoms with Gasteiger partial charge in [0.2, 0.25) is 0 Å². The lowest BCUT2D eigenvalue weighted by molar-refractivity contribution is 0.188. The molecule has 0 amide bonds. The first-order chi connectivity index (χ1) is 9.13. The fourth-order valence-electron chi connectivity index (χ4n) is 2.19. The normalized spacial score (nSPS) is 16.6. The number of nitrogens with one attached hydrogen (secondary N) is 1. The summed E-state index contributed by atoms with van der Waals surface area (Å²) >= 11 is 6.26. The van der Waals surface area contributed by atoms with Crippen molar-refractivity contribution in [2.24, 2.45) is 5.73 Å². The number of pyridine rings is 1. The molecule has 0 unspecified atom stereocenters. The number of rotatable bonds is 4. The smallest absolute Gasteiger partial charge is 0.148 e. The van der Waals surface area contributed by atoms with Crippen molar-refractivity contribution in [2.75, 3.05) is 44.2 Å². The SMILES string of the molecule is N=C(N)c1ccnc(N2CCN(CCO)CC2)c1Cl. The second-order valence-corrected chi connectivity index (χ2v) is 4.84. The van der Waals surface area contributed by atoms with Crippen LogP contribution in [-0.2, 0) is 0 Å². The van der Waals surface area contributed by atoms with Crippen molar-refractivity contribution in [3.8, 4) is 0 Å². The van der Waals surface area contributed by atoms with Crippen LogP contribution in [-0.4, -0.2) is 60.2 Å². The maximum Gasteiger partial charge on any atom is 0.148 e. The van der Waals surface area contributed by atoms with E-state index in [1.807, 2.05) is 0 Å². The molecule has 4 N–H and O–H groups in total. The largest absolute Gasteiger partial charge is 0.395 e. The number of hydrogen-bond donors (Lipinski definition) is 3. The Labute approximate surface area is 117 Å². The molecular weight excluding hydrogens is 266 g/mol. The summed E-state index contributed by atoms with van der Waals surface area (Å²) in [5.74, 6) is 0.630. The number of amidine groups is 1. The predicted octanol–water partition coefficient (Wildman–Crippen LogP) is 0.133. The lowest BCUT2D eigenvalue weighted by atomic mass is 10.2. The van der Waals surface area contributed by atoms with Crippen LogP contribution >= 0.6 is 11.6 Å². The van der Waals surface area contributed by atoms with Crippen LogP contribution in [0.2, 0.25) is 5.02 Å². The zero-order chi connectivity index (χ0) is 13.8. The lowest BCUT2D eigenvalue weighted by Gasteiger charge is -2.35. The molecule has 1 saturated heterocycles. The van der Waals surface area contributed by atoms with Crippen molar-refractivity contribution in [1.29, 1.82) is 5.41 Å². The number of halogens is 1. The van der Waals surface area contributed by atoms with Crippen molar-refractivity contribution in [2.45, 2.75) is 0 Å². The van der Waals surface area contributed by atoms with Gasteiger partial charge in [-0.3, -0.25) is 10.3 Å². The molecule has 6 nitrogen and oxygen atoms in total. The number of aliphatic hydroxyl groups excluding tert-OH is 1. The van der Waals surface area contributed by atoms with Gasteiger partial charge in [0.1, 0.15) is 11.7 Å². The molecule has 1 fully saturated rings. The fourth-order valence-corrected chi connectivity index (χ4v) is 2.52. The molecule has 7 heteroatoms. The van der Waals surface area contributed by atoms with Gasteiger partial charge in [-0.1, -0.05) is 11.6 Å². The van der Waals surface area contributed by atoms with Gasteiger partial charge in [0.05, 0.1) is 11.6 Å². The zero-order valence-electron chi connectivity index (χ0n) is 10.6. The summed E-state index contributed by atoms with van der Waals surface area (Å²) in [6.45, 7) is 4.20. The first kappa shape index (κ1) is 14.0. The highest BCUT2D eigenvalue weighted by molar-refractivity contribution is 6.36. The van der Waals surface area contributed by atoms with Crippen LogP contribution in [0.25, 0.3) is 0 Å². The van der Waals surface area contributed by atoms with E-state index in [1.54, 1.807) is 12.3 Å². The fraction of sp³-hybridized carbons (Fsp3) is 0.500. The van der Waals surface area contributed by atoms with E-state index in [0.717, 1.165) is 26.2 Å². The van der Waals surface area contributed by atoms with Crippen molar-refractivity contribution in [3.05, 3.63) is 22.8 Å². The summed E-state index contributed by atoms with van der Waals surface area (Å²) in [5, 5.41) is 16.8. The third-order valence-electron chi connectivity index (χ3n) is 3.25. The van der Waals surface area contributed by atoms with Gasteiger partial charge < -0.3 is 15.7 Å². The van der Waals surface area contributed by atoms with Gasteiger partial charge in [-0.05, 0) is 6.07 Å². The van der Waals surface area contributed by atoms with Crippen LogP contribution in [0.4, 0.5) is 5.82 Å². The standard InChI is InChI=1S/C12H18ClN5O/c13-10-9(11(14)15)1-2-16-12(10)18-5-3-17(4-6-18)7-8-19/h1-2,19H,3-8H2,(H3,14,15). The van der Waals surface area contributed by atoms with E-state index in [1.165, 1.54) is 0 Å². The maximum absolute atomic E-state index is 8.92. The minimum absolute atomic E-state index is 0.0485. The van der Waals surface area contributed by atoms with Crippen LogP contribution in [0.5, 0.6) is 0 Å². The number of β-amino-alcohol motifs (C(OH)–C–C–N with tert-alkyl or cyclic N) is 1. The summed E-state index contributed by atoms with van der Waals surface area (Å²) in [5.41, 5.74) is 6.01. The second-order valence-electron chi connectivity index (χ2n) is 4.46. The zero-order valence-corrected chi connectivity index (χ0v) is 11.4. The van der Waals surface area contributed by atoms with Gasteiger partial charge in [-0.25, -0.2) is 4.98 Å². The molecule has 2 heterocycles. The number of nitrogens with two attached hydrogens (primary N) is 1. The molecular formula is C12H18ClN5O. The Hall–Kier alpha value is -1.37. The number of aromatic nitrogens is 1. The maximum atomic E-state index is 8.92. The van der Waals surface area contributed by atoms with Crippen molar-refractivity contribution in [3.63, 3.8) is 0 Å². The van der Waals surface area contributed by atoms with Crippen molar-refractivity contribution >= 4 is 23.3 Å². The number of nitrogen functional groups attached to an aromatic ring is 1. The van der Waals surface area contributed by atoms with Crippen molar-refractivity contribution < 1.29 is 5.11 Å². The van der Waals surface area contributed by atoms with Gasteiger partial charge in [-0.2, -0.15) is 0 Å². The van der Waals surface area contributed by atoms with Crippen molar-refractivity contribution in [1.82, 2.24) is 9.88 Å². The van der Waals surface area contributed by atoms with Crippen LogP contribution < -0.4 is 10.6 Å². The van der Waals surface area contributed by atoms with E-state index in [2.05, 4.69) is 14.8 Å². The van der Waals surface area contributed by atoms with Crippen LogP contribution in [0.3, 0.4) is 0 Å². The summed E-state index contributed by atoms with van der Waals surface area (Å²) in [4.78, 5) is 8.57. The summed E-state index contributed by atoms with van der Waals surface area (Å²) in [6.07, 6.45) is 1.62. The highest BCUT2D eigenvalue weighted by atomic mass is 35.5. The molecule has 0 aliphatic carbocycles. The number of piperazine rings is 1. The minimum Gasteiger partial charge on any atom is -0.395 e. The lowest BCUT2D eigenvalue weighted by Crippen LogP contribution is -2.47. The molecule has 19 heavy (non-hydrogen) atoms.